The highest BCUT2D eigenvalue weighted by Crippen LogP contribution is 2.24. The van der Waals surface area contributed by atoms with Crippen molar-refractivity contribution in [3.8, 4) is 0 Å². The van der Waals surface area contributed by atoms with Crippen LogP contribution in [0.15, 0.2) is 55.0 Å². The minimum atomic E-state index is 0.993. The van der Waals surface area contributed by atoms with Crippen molar-refractivity contribution in [3.63, 3.8) is 0 Å². The topological polar surface area (TPSA) is 37.2 Å². The number of hydrogen-bond acceptors (Lipinski definition) is 4. The van der Waals surface area contributed by atoms with E-state index < -0.39 is 0 Å². The number of piperazine rings is 1. The molecule has 0 atom stereocenters. The molecule has 1 aromatic carbocycles. The average molecular weight is 333 g/mol. The normalized spacial score (nSPS) is 16.1. The van der Waals surface area contributed by atoms with Crippen LogP contribution >= 0.6 is 0 Å². The van der Waals surface area contributed by atoms with Crippen LogP contribution in [0.4, 0.5) is 5.82 Å². The van der Waals surface area contributed by atoms with Crippen molar-refractivity contribution in [1.29, 1.82) is 0 Å². The molecular weight excluding hydrogens is 310 g/mol. The molecule has 4 rings (SSSR count). The van der Waals surface area contributed by atoms with Gasteiger partial charge in [-0.3, -0.25) is 4.90 Å². The third-order valence-corrected chi connectivity index (χ3v) is 4.79. The van der Waals surface area contributed by atoms with Gasteiger partial charge in [0.2, 0.25) is 0 Å². The molecule has 25 heavy (non-hydrogen) atoms. The van der Waals surface area contributed by atoms with E-state index in [1.807, 2.05) is 23.9 Å². The first-order chi connectivity index (χ1) is 12.3. The van der Waals surface area contributed by atoms with Crippen LogP contribution in [0.3, 0.4) is 0 Å². The van der Waals surface area contributed by atoms with Crippen molar-refractivity contribution in [2.75, 3.05) is 37.6 Å². The number of hydrogen-bond donors (Lipinski definition) is 0. The van der Waals surface area contributed by atoms with Gasteiger partial charge < -0.3 is 9.47 Å². The van der Waals surface area contributed by atoms with E-state index in [-0.39, 0.29) is 0 Å². The fourth-order valence-corrected chi connectivity index (χ4v) is 3.36. The molecule has 0 radical (unpaired) electrons. The summed E-state index contributed by atoms with van der Waals surface area (Å²) in [6.45, 7) is 5.10. The second-order valence-electron chi connectivity index (χ2n) is 6.46. The van der Waals surface area contributed by atoms with E-state index >= 15 is 0 Å². The van der Waals surface area contributed by atoms with Gasteiger partial charge in [-0.15, -0.1) is 0 Å². The van der Waals surface area contributed by atoms with Crippen LogP contribution in [0, 0.1) is 0 Å². The fourth-order valence-electron chi connectivity index (χ4n) is 3.36. The summed E-state index contributed by atoms with van der Waals surface area (Å²) < 4.78 is 2.05. The van der Waals surface area contributed by atoms with Crippen LogP contribution in [0.5, 0.6) is 0 Å². The maximum absolute atomic E-state index is 4.54. The maximum Gasteiger partial charge on any atom is 0.145 e. The Morgan fingerprint density at radius 1 is 1.00 bits per heavy atom. The minimum absolute atomic E-state index is 0.993. The highest BCUT2D eigenvalue weighted by atomic mass is 15.3. The number of nitrogens with zero attached hydrogens (tertiary/aromatic N) is 5. The van der Waals surface area contributed by atoms with Crippen molar-refractivity contribution in [3.05, 3.63) is 60.6 Å². The zero-order chi connectivity index (χ0) is 17.1. The second kappa shape index (κ2) is 7.07. The van der Waals surface area contributed by atoms with Crippen molar-refractivity contribution in [2.24, 2.45) is 7.05 Å². The largest absolute Gasteiger partial charge is 0.353 e. The van der Waals surface area contributed by atoms with Gasteiger partial charge in [-0.25, -0.2) is 9.97 Å². The number of anilines is 1. The van der Waals surface area contributed by atoms with Crippen LogP contribution in [-0.2, 0) is 7.05 Å². The van der Waals surface area contributed by atoms with Gasteiger partial charge in [0.1, 0.15) is 17.8 Å². The Morgan fingerprint density at radius 2 is 1.80 bits per heavy atom. The summed E-state index contributed by atoms with van der Waals surface area (Å²) in [5.74, 6) is 1.06. The molecule has 3 heterocycles. The molecule has 0 amide bonds. The molecule has 2 aromatic heterocycles. The Morgan fingerprint density at radius 3 is 2.60 bits per heavy atom. The summed E-state index contributed by atoms with van der Waals surface area (Å²) in [6, 6.07) is 12.6. The average Bonchev–Trinajstić information content (AvgIpc) is 3.05. The Labute approximate surface area is 148 Å². The Hall–Kier alpha value is -2.66. The maximum atomic E-state index is 4.54. The van der Waals surface area contributed by atoms with E-state index in [2.05, 4.69) is 62.3 Å². The van der Waals surface area contributed by atoms with Gasteiger partial charge >= 0.3 is 0 Å². The molecule has 1 aliphatic heterocycles. The molecule has 1 fully saturated rings. The molecule has 0 bridgehead atoms. The molecule has 1 aliphatic rings. The monoisotopic (exact) mass is 333 g/mol. The summed E-state index contributed by atoms with van der Waals surface area (Å²) in [7, 11) is 2.02. The summed E-state index contributed by atoms with van der Waals surface area (Å²) in [6.07, 6.45) is 8.18. The lowest BCUT2D eigenvalue weighted by Gasteiger charge is -2.35. The van der Waals surface area contributed by atoms with Crippen molar-refractivity contribution >= 4 is 22.9 Å². The predicted octanol–water partition coefficient (Wildman–Crippen LogP) is 2.80. The summed E-state index contributed by atoms with van der Waals surface area (Å²) >= 11 is 0. The number of benzene rings is 1. The van der Waals surface area contributed by atoms with Gasteiger partial charge in [-0.05, 0) is 11.6 Å². The van der Waals surface area contributed by atoms with E-state index in [0.29, 0.717) is 0 Å². The highest BCUT2D eigenvalue weighted by molar-refractivity contribution is 5.87. The van der Waals surface area contributed by atoms with Crippen LogP contribution < -0.4 is 4.90 Å². The van der Waals surface area contributed by atoms with Gasteiger partial charge in [-0.1, -0.05) is 42.5 Å². The summed E-state index contributed by atoms with van der Waals surface area (Å²) in [5.41, 5.74) is 2.26. The van der Waals surface area contributed by atoms with Crippen LogP contribution in [0.2, 0.25) is 0 Å². The number of rotatable bonds is 4. The first-order valence-corrected chi connectivity index (χ1v) is 8.76. The molecule has 0 unspecified atom stereocenters. The number of fused-ring (bicyclic) bond motifs is 1. The standard InChI is InChI=1S/C20H23N5/c1-23-11-9-18-19(23)21-16-22-20(18)25-14-12-24(13-15-25)10-5-8-17-6-3-2-4-7-17/h2-9,11,16H,10,12-15H2,1H3/b8-5+. The predicted molar refractivity (Wildman–Crippen MR) is 103 cm³/mol. The lowest BCUT2D eigenvalue weighted by molar-refractivity contribution is 0.284. The molecule has 3 aromatic rings. The molecule has 0 N–H and O–H groups in total. The van der Waals surface area contributed by atoms with Crippen molar-refractivity contribution in [2.45, 2.75) is 0 Å². The van der Waals surface area contributed by atoms with E-state index in [1.165, 1.54) is 5.56 Å². The van der Waals surface area contributed by atoms with Gasteiger partial charge in [0.05, 0.1) is 5.39 Å². The van der Waals surface area contributed by atoms with Crippen molar-refractivity contribution in [1.82, 2.24) is 19.4 Å². The lowest BCUT2D eigenvalue weighted by Crippen LogP contribution is -2.46. The molecule has 128 valence electrons. The smallest absolute Gasteiger partial charge is 0.145 e. The SMILES string of the molecule is Cn1ccc2c(N3CCN(C/C=C/c4ccccc4)CC3)ncnc21. The number of aromatic nitrogens is 3. The van der Waals surface area contributed by atoms with Gasteiger partial charge in [-0.2, -0.15) is 0 Å². The van der Waals surface area contributed by atoms with Crippen LogP contribution in [0.1, 0.15) is 5.56 Å². The molecule has 0 spiro atoms. The third kappa shape index (κ3) is 3.42. The van der Waals surface area contributed by atoms with E-state index in [9.17, 15) is 0 Å². The van der Waals surface area contributed by atoms with Gasteiger partial charge in [0, 0.05) is 46.0 Å². The van der Waals surface area contributed by atoms with E-state index in [1.54, 1.807) is 6.33 Å². The first kappa shape index (κ1) is 15.8. The molecule has 5 heteroatoms. The molecule has 0 aliphatic carbocycles. The second-order valence-corrected chi connectivity index (χ2v) is 6.46. The fraction of sp³-hybridized carbons (Fsp3) is 0.300. The summed E-state index contributed by atoms with van der Waals surface area (Å²) in [5, 5.41) is 1.14. The van der Waals surface area contributed by atoms with Gasteiger partial charge in [0.15, 0.2) is 0 Å². The van der Waals surface area contributed by atoms with E-state index in [4.69, 9.17) is 0 Å². The highest BCUT2D eigenvalue weighted by Gasteiger charge is 2.19. The van der Waals surface area contributed by atoms with E-state index in [0.717, 1.165) is 49.6 Å². The minimum Gasteiger partial charge on any atom is -0.353 e. The Kier molecular flexibility index (Phi) is 4.48. The van der Waals surface area contributed by atoms with Crippen LogP contribution in [-0.4, -0.2) is 52.2 Å². The zero-order valence-electron chi connectivity index (χ0n) is 14.5. The van der Waals surface area contributed by atoms with Gasteiger partial charge in [0.25, 0.3) is 0 Å². The van der Waals surface area contributed by atoms with Crippen LogP contribution in [0.25, 0.3) is 17.1 Å². The first-order valence-electron chi connectivity index (χ1n) is 8.76. The number of aryl methyl sites for hydroxylation is 1. The zero-order valence-corrected chi connectivity index (χ0v) is 14.5. The Balaban J connectivity index is 1.37. The summed E-state index contributed by atoms with van der Waals surface area (Å²) in [4.78, 5) is 13.8. The van der Waals surface area contributed by atoms with Crippen molar-refractivity contribution < 1.29 is 0 Å². The Bertz CT molecular complexity index is 860. The quantitative estimate of drug-likeness (QED) is 0.736. The molecule has 5 nitrogen and oxygen atoms in total. The molecular formula is C20H23N5. The molecule has 1 saturated heterocycles. The third-order valence-electron chi connectivity index (χ3n) is 4.79. The molecule has 0 saturated carbocycles. The lowest BCUT2D eigenvalue weighted by atomic mass is 10.2.